The molecule has 0 fully saturated rings. The zero-order valence-corrected chi connectivity index (χ0v) is 16.3. The van der Waals surface area contributed by atoms with E-state index < -0.39 is 0 Å². The minimum atomic E-state index is 0.0998. The number of guanidine groups is 1. The quantitative estimate of drug-likeness (QED) is 0.475. The molecule has 0 aliphatic rings. The first-order chi connectivity index (χ1) is 12.7. The van der Waals surface area contributed by atoms with Gasteiger partial charge in [-0.15, -0.1) is 0 Å². The zero-order chi connectivity index (χ0) is 18.8. The van der Waals surface area contributed by atoms with E-state index in [4.69, 9.17) is 4.99 Å². The van der Waals surface area contributed by atoms with E-state index in [0.717, 1.165) is 49.4 Å². The van der Waals surface area contributed by atoms with Crippen LogP contribution >= 0.6 is 0 Å². The van der Waals surface area contributed by atoms with Crippen LogP contribution in [0, 0.1) is 5.41 Å². The van der Waals surface area contributed by atoms with Crippen molar-refractivity contribution >= 4 is 16.7 Å². The van der Waals surface area contributed by atoms with Gasteiger partial charge in [0.25, 0.3) is 0 Å². The highest BCUT2D eigenvalue weighted by Crippen LogP contribution is 2.29. The largest absolute Gasteiger partial charge is 0.396 e. The van der Waals surface area contributed by atoms with Gasteiger partial charge in [0.1, 0.15) is 0 Å². The third-order valence-electron chi connectivity index (χ3n) is 5.26. The van der Waals surface area contributed by atoms with E-state index >= 15 is 0 Å². The summed E-state index contributed by atoms with van der Waals surface area (Å²) in [4.78, 5) is 9.25. The summed E-state index contributed by atoms with van der Waals surface area (Å²) < 4.78 is 0. The van der Waals surface area contributed by atoms with Crippen LogP contribution in [0.3, 0.4) is 0 Å². The Bertz CT molecular complexity index is 705. The Morgan fingerprint density at radius 1 is 1.12 bits per heavy atom. The van der Waals surface area contributed by atoms with Crippen molar-refractivity contribution in [1.82, 2.24) is 15.6 Å². The molecular formula is C21H32N4O. The highest BCUT2D eigenvalue weighted by molar-refractivity contribution is 5.85. The molecule has 0 atom stereocenters. The average Bonchev–Trinajstić information content (AvgIpc) is 2.69. The molecule has 0 saturated heterocycles. The fourth-order valence-electron chi connectivity index (χ4n) is 3.25. The van der Waals surface area contributed by atoms with Gasteiger partial charge in [0.2, 0.25) is 0 Å². The number of benzene rings is 1. The second-order valence-electron chi connectivity index (χ2n) is 6.71. The van der Waals surface area contributed by atoms with E-state index in [-0.39, 0.29) is 12.0 Å². The number of hydrogen-bond donors (Lipinski definition) is 3. The molecule has 0 saturated carbocycles. The third-order valence-corrected chi connectivity index (χ3v) is 5.26. The van der Waals surface area contributed by atoms with Gasteiger partial charge in [-0.2, -0.15) is 0 Å². The van der Waals surface area contributed by atoms with Crippen LogP contribution in [0.5, 0.6) is 0 Å². The summed E-state index contributed by atoms with van der Waals surface area (Å²) in [6, 6.07) is 10.3. The average molecular weight is 357 g/mol. The standard InChI is InChI=1S/C21H32N4O/c1-4-21(5-2,12-14-26)16-25-20(22-6-3)24-15-19-18-10-8-7-9-17(18)11-13-23-19/h7-11,13,26H,4-6,12,14-16H2,1-3H3,(H2,22,24,25). The predicted octanol–water partition coefficient (Wildman–Crippen LogP) is 3.48. The lowest BCUT2D eigenvalue weighted by Gasteiger charge is -2.32. The first-order valence-electron chi connectivity index (χ1n) is 9.63. The van der Waals surface area contributed by atoms with E-state index in [0.29, 0.717) is 6.54 Å². The van der Waals surface area contributed by atoms with Crippen molar-refractivity contribution in [2.75, 3.05) is 19.7 Å². The van der Waals surface area contributed by atoms with Crippen molar-refractivity contribution in [2.24, 2.45) is 10.4 Å². The second-order valence-corrected chi connectivity index (χ2v) is 6.71. The molecule has 5 nitrogen and oxygen atoms in total. The van der Waals surface area contributed by atoms with E-state index in [1.807, 2.05) is 24.4 Å². The van der Waals surface area contributed by atoms with Gasteiger partial charge in [0.15, 0.2) is 5.96 Å². The summed E-state index contributed by atoms with van der Waals surface area (Å²) in [6.45, 7) is 8.79. The maximum absolute atomic E-state index is 9.40. The van der Waals surface area contributed by atoms with Crippen LogP contribution < -0.4 is 10.6 Å². The summed E-state index contributed by atoms with van der Waals surface area (Å²) in [7, 11) is 0. The molecule has 5 heteroatoms. The lowest BCUT2D eigenvalue weighted by molar-refractivity contribution is 0.169. The van der Waals surface area contributed by atoms with E-state index in [1.165, 1.54) is 5.39 Å². The molecular weight excluding hydrogens is 324 g/mol. The number of aromatic nitrogens is 1. The van der Waals surface area contributed by atoms with Crippen molar-refractivity contribution in [3.05, 3.63) is 42.2 Å². The van der Waals surface area contributed by atoms with Gasteiger partial charge in [-0.25, -0.2) is 4.99 Å². The summed E-state index contributed by atoms with van der Waals surface area (Å²) in [6.07, 6.45) is 4.70. The number of aliphatic imine (C=N–C) groups is 1. The van der Waals surface area contributed by atoms with Crippen LogP contribution in [-0.2, 0) is 6.54 Å². The smallest absolute Gasteiger partial charge is 0.191 e. The summed E-state index contributed by atoms with van der Waals surface area (Å²) in [5, 5.41) is 18.5. The molecule has 0 radical (unpaired) electrons. The van der Waals surface area contributed by atoms with Gasteiger partial charge in [-0.05, 0) is 43.1 Å². The second kappa shape index (κ2) is 10.1. The molecule has 0 spiro atoms. The third kappa shape index (κ3) is 5.18. The Morgan fingerprint density at radius 3 is 2.58 bits per heavy atom. The molecule has 0 unspecified atom stereocenters. The van der Waals surface area contributed by atoms with Crippen molar-refractivity contribution in [3.63, 3.8) is 0 Å². The Morgan fingerprint density at radius 2 is 1.88 bits per heavy atom. The Hall–Kier alpha value is -2.14. The van der Waals surface area contributed by atoms with Crippen LogP contribution in [0.25, 0.3) is 10.8 Å². The van der Waals surface area contributed by atoms with E-state index in [1.54, 1.807) is 0 Å². The van der Waals surface area contributed by atoms with Crippen LogP contribution in [0.1, 0.15) is 45.7 Å². The fourth-order valence-corrected chi connectivity index (χ4v) is 3.25. The zero-order valence-electron chi connectivity index (χ0n) is 16.3. The SMILES string of the molecule is CCNC(=NCc1nccc2ccccc12)NCC(CC)(CC)CCO. The lowest BCUT2D eigenvalue weighted by atomic mass is 9.79. The first-order valence-corrected chi connectivity index (χ1v) is 9.63. The predicted molar refractivity (Wildman–Crippen MR) is 109 cm³/mol. The van der Waals surface area contributed by atoms with Crippen LogP contribution in [0.15, 0.2) is 41.5 Å². The topological polar surface area (TPSA) is 69.5 Å². The van der Waals surface area contributed by atoms with E-state index in [9.17, 15) is 5.11 Å². The fraction of sp³-hybridized carbons (Fsp3) is 0.524. The van der Waals surface area contributed by atoms with Crippen molar-refractivity contribution < 1.29 is 5.11 Å². The molecule has 142 valence electrons. The number of fused-ring (bicyclic) bond motifs is 1. The molecule has 0 aliphatic carbocycles. The van der Waals surface area contributed by atoms with Gasteiger partial charge < -0.3 is 15.7 Å². The minimum Gasteiger partial charge on any atom is -0.396 e. The van der Waals surface area contributed by atoms with E-state index in [2.05, 4.69) is 48.5 Å². The van der Waals surface area contributed by atoms with Gasteiger partial charge >= 0.3 is 0 Å². The molecule has 2 rings (SSSR count). The molecule has 3 N–H and O–H groups in total. The normalized spacial score (nSPS) is 12.4. The number of rotatable bonds is 9. The highest BCUT2D eigenvalue weighted by atomic mass is 16.3. The van der Waals surface area contributed by atoms with Crippen molar-refractivity contribution in [2.45, 2.75) is 46.6 Å². The molecule has 0 bridgehead atoms. The molecule has 26 heavy (non-hydrogen) atoms. The summed E-state index contributed by atoms with van der Waals surface area (Å²) in [5.74, 6) is 0.798. The number of nitrogens with zero attached hydrogens (tertiary/aromatic N) is 2. The number of aliphatic hydroxyl groups excluding tert-OH is 1. The molecule has 1 aromatic carbocycles. The minimum absolute atomic E-state index is 0.0998. The Kier molecular flexibility index (Phi) is 7.85. The molecule has 1 aromatic heterocycles. The maximum atomic E-state index is 9.40. The molecule has 0 amide bonds. The molecule has 0 aliphatic heterocycles. The first kappa shape index (κ1) is 20.2. The van der Waals surface area contributed by atoms with Gasteiger partial charge in [-0.3, -0.25) is 4.98 Å². The molecule has 1 heterocycles. The number of nitrogens with one attached hydrogen (secondary N) is 2. The molecule has 2 aromatic rings. The number of hydrogen-bond acceptors (Lipinski definition) is 3. The number of aliphatic hydroxyl groups is 1. The van der Waals surface area contributed by atoms with Crippen LogP contribution in [0.4, 0.5) is 0 Å². The number of pyridine rings is 1. The van der Waals surface area contributed by atoms with Crippen LogP contribution in [-0.4, -0.2) is 35.7 Å². The van der Waals surface area contributed by atoms with Gasteiger partial charge in [-0.1, -0.05) is 38.1 Å². The highest BCUT2D eigenvalue weighted by Gasteiger charge is 2.25. The van der Waals surface area contributed by atoms with Crippen molar-refractivity contribution in [1.29, 1.82) is 0 Å². The maximum Gasteiger partial charge on any atom is 0.191 e. The Balaban J connectivity index is 2.13. The van der Waals surface area contributed by atoms with Gasteiger partial charge in [0, 0.05) is 31.3 Å². The van der Waals surface area contributed by atoms with Gasteiger partial charge in [0.05, 0.1) is 12.2 Å². The lowest BCUT2D eigenvalue weighted by Crippen LogP contribution is -2.43. The Labute approximate surface area is 157 Å². The summed E-state index contributed by atoms with van der Waals surface area (Å²) >= 11 is 0. The van der Waals surface area contributed by atoms with Crippen molar-refractivity contribution in [3.8, 4) is 0 Å². The summed E-state index contributed by atoms with van der Waals surface area (Å²) in [5.41, 5.74) is 1.08. The monoisotopic (exact) mass is 356 g/mol. The van der Waals surface area contributed by atoms with Crippen LogP contribution in [0.2, 0.25) is 0 Å².